The lowest BCUT2D eigenvalue weighted by molar-refractivity contribution is 0.185. The fourth-order valence-corrected chi connectivity index (χ4v) is 3.65. The lowest BCUT2D eigenvalue weighted by Gasteiger charge is -2.31. The Balaban J connectivity index is 2.11. The molecule has 1 fully saturated rings. The molecule has 2 heterocycles. The average molecular weight is 267 g/mol. The van der Waals surface area contributed by atoms with Gasteiger partial charge in [0, 0.05) is 31.1 Å². The minimum atomic E-state index is 0.480. The molecule has 1 unspecified atom stereocenters. The van der Waals surface area contributed by atoms with Gasteiger partial charge in [0.1, 0.15) is 5.01 Å². The zero-order valence-electron chi connectivity index (χ0n) is 11.8. The summed E-state index contributed by atoms with van der Waals surface area (Å²) < 4.78 is 0. The van der Waals surface area contributed by atoms with E-state index >= 15 is 0 Å². The highest BCUT2D eigenvalue weighted by atomic mass is 32.1. The molecule has 0 bridgehead atoms. The van der Waals surface area contributed by atoms with Gasteiger partial charge in [0.25, 0.3) is 0 Å². The Labute approximate surface area is 115 Å². The van der Waals surface area contributed by atoms with Crippen molar-refractivity contribution in [3.05, 3.63) is 15.6 Å². The number of aromatic nitrogens is 1. The summed E-state index contributed by atoms with van der Waals surface area (Å²) in [5.74, 6) is 0. The van der Waals surface area contributed by atoms with Crippen LogP contribution in [-0.2, 0) is 12.8 Å². The first-order valence-electron chi connectivity index (χ1n) is 7.19. The standard InChI is InChI=1S/C14H25N3S/c1-4-6-12-13(5-2)18-14(16-12)11(3)17-9-7-15-8-10-17/h11,15H,4-10H2,1-3H3. The molecule has 1 saturated heterocycles. The van der Waals surface area contributed by atoms with Crippen molar-refractivity contribution in [3.8, 4) is 0 Å². The monoisotopic (exact) mass is 267 g/mol. The van der Waals surface area contributed by atoms with E-state index in [2.05, 4.69) is 31.0 Å². The topological polar surface area (TPSA) is 28.2 Å². The minimum Gasteiger partial charge on any atom is -0.314 e. The molecule has 18 heavy (non-hydrogen) atoms. The molecule has 102 valence electrons. The molecular weight excluding hydrogens is 242 g/mol. The molecule has 3 nitrogen and oxygen atoms in total. The number of thiazole rings is 1. The molecule has 1 N–H and O–H groups in total. The maximum atomic E-state index is 4.90. The van der Waals surface area contributed by atoms with Gasteiger partial charge in [-0.3, -0.25) is 4.90 Å². The van der Waals surface area contributed by atoms with Gasteiger partial charge in [0.2, 0.25) is 0 Å². The summed E-state index contributed by atoms with van der Waals surface area (Å²) in [5.41, 5.74) is 1.35. The number of piperazine rings is 1. The fraction of sp³-hybridized carbons (Fsp3) is 0.786. The van der Waals surface area contributed by atoms with Crippen LogP contribution in [0.3, 0.4) is 0 Å². The summed E-state index contributed by atoms with van der Waals surface area (Å²) in [6, 6.07) is 0.480. The van der Waals surface area contributed by atoms with Crippen LogP contribution in [0.25, 0.3) is 0 Å². The van der Waals surface area contributed by atoms with Crippen molar-refractivity contribution in [1.82, 2.24) is 15.2 Å². The lowest BCUT2D eigenvalue weighted by Crippen LogP contribution is -2.44. The maximum Gasteiger partial charge on any atom is 0.110 e. The van der Waals surface area contributed by atoms with Crippen LogP contribution < -0.4 is 5.32 Å². The van der Waals surface area contributed by atoms with Crippen LogP contribution in [0, 0.1) is 0 Å². The van der Waals surface area contributed by atoms with Crippen LogP contribution in [0.5, 0.6) is 0 Å². The Morgan fingerprint density at radius 3 is 2.67 bits per heavy atom. The normalized spacial score (nSPS) is 19.1. The summed E-state index contributed by atoms with van der Waals surface area (Å²) in [6.45, 7) is 11.3. The Morgan fingerprint density at radius 2 is 2.06 bits per heavy atom. The van der Waals surface area contributed by atoms with E-state index in [1.807, 2.05) is 11.3 Å². The molecule has 1 aromatic rings. The molecule has 1 aromatic heterocycles. The smallest absolute Gasteiger partial charge is 0.110 e. The summed E-state index contributed by atoms with van der Waals surface area (Å²) in [5, 5.41) is 4.73. The number of rotatable bonds is 5. The van der Waals surface area contributed by atoms with Crippen molar-refractivity contribution >= 4 is 11.3 Å². The van der Waals surface area contributed by atoms with Crippen molar-refractivity contribution < 1.29 is 0 Å². The average Bonchev–Trinajstić information content (AvgIpc) is 2.82. The Hall–Kier alpha value is -0.450. The number of hydrogen-bond donors (Lipinski definition) is 1. The maximum absolute atomic E-state index is 4.90. The molecule has 4 heteroatoms. The first-order valence-corrected chi connectivity index (χ1v) is 8.01. The second-order valence-corrected chi connectivity index (χ2v) is 6.10. The van der Waals surface area contributed by atoms with Crippen LogP contribution >= 0.6 is 11.3 Å². The highest BCUT2D eigenvalue weighted by molar-refractivity contribution is 7.11. The quantitative estimate of drug-likeness (QED) is 0.889. The molecule has 0 spiro atoms. The second-order valence-electron chi connectivity index (χ2n) is 4.99. The Bertz CT molecular complexity index is 369. The van der Waals surface area contributed by atoms with Crippen LogP contribution in [0.4, 0.5) is 0 Å². The second kappa shape index (κ2) is 6.64. The first kappa shape index (κ1) is 14.0. The van der Waals surface area contributed by atoms with E-state index in [9.17, 15) is 0 Å². The van der Waals surface area contributed by atoms with Gasteiger partial charge in [-0.2, -0.15) is 0 Å². The van der Waals surface area contributed by atoms with E-state index in [-0.39, 0.29) is 0 Å². The largest absolute Gasteiger partial charge is 0.314 e. The van der Waals surface area contributed by atoms with Crippen molar-refractivity contribution in [1.29, 1.82) is 0 Å². The Morgan fingerprint density at radius 1 is 1.33 bits per heavy atom. The van der Waals surface area contributed by atoms with E-state index in [4.69, 9.17) is 4.98 Å². The van der Waals surface area contributed by atoms with E-state index < -0.39 is 0 Å². The summed E-state index contributed by atoms with van der Waals surface area (Å²) in [4.78, 5) is 8.94. The van der Waals surface area contributed by atoms with Gasteiger partial charge in [-0.05, 0) is 19.8 Å². The molecule has 0 aliphatic carbocycles. The molecule has 0 saturated carbocycles. The van der Waals surface area contributed by atoms with Crippen molar-refractivity contribution in [3.63, 3.8) is 0 Å². The number of hydrogen-bond acceptors (Lipinski definition) is 4. The van der Waals surface area contributed by atoms with Gasteiger partial charge in [-0.25, -0.2) is 4.98 Å². The molecule has 1 atom stereocenters. The van der Waals surface area contributed by atoms with Gasteiger partial charge in [-0.15, -0.1) is 11.3 Å². The van der Waals surface area contributed by atoms with Crippen molar-refractivity contribution in [2.45, 2.75) is 46.1 Å². The zero-order chi connectivity index (χ0) is 13.0. The number of aryl methyl sites for hydroxylation is 2. The molecule has 0 aromatic carbocycles. The molecule has 0 radical (unpaired) electrons. The predicted octanol–water partition coefficient (Wildman–Crippen LogP) is 2.62. The lowest BCUT2D eigenvalue weighted by atomic mass is 10.2. The van der Waals surface area contributed by atoms with Gasteiger partial charge < -0.3 is 5.32 Å². The first-order chi connectivity index (χ1) is 8.76. The number of nitrogens with zero attached hydrogens (tertiary/aromatic N) is 2. The van der Waals surface area contributed by atoms with E-state index in [1.165, 1.54) is 22.0 Å². The molecule has 0 amide bonds. The third kappa shape index (κ3) is 3.11. The van der Waals surface area contributed by atoms with Gasteiger partial charge in [0.05, 0.1) is 11.7 Å². The van der Waals surface area contributed by atoms with Gasteiger partial charge >= 0.3 is 0 Å². The van der Waals surface area contributed by atoms with Crippen LogP contribution in [-0.4, -0.2) is 36.1 Å². The van der Waals surface area contributed by atoms with Crippen LogP contribution in [0.1, 0.15) is 48.8 Å². The number of nitrogens with one attached hydrogen (secondary N) is 1. The van der Waals surface area contributed by atoms with E-state index in [1.54, 1.807) is 0 Å². The zero-order valence-corrected chi connectivity index (χ0v) is 12.6. The molecule has 1 aliphatic heterocycles. The Kier molecular flexibility index (Phi) is 5.15. The van der Waals surface area contributed by atoms with Gasteiger partial charge in [-0.1, -0.05) is 20.3 Å². The van der Waals surface area contributed by atoms with E-state index in [0.29, 0.717) is 6.04 Å². The van der Waals surface area contributed by atoms with E-state index in [0.717, 1.165) is 39.0 Å². The van der Waals surface area contributed by atoms with Crippen LogP contribution in [0.15, 0.2) is 0 Å². The van der Waals surface area contributed by atoms with Crippen molar-refractivity contribution in [2.24, 2.45) is 0 Å². The third-order valence-electron chi connectivity index (χ3n) is 3.66. The van der Waals surface area contributed by atoms with Crippen molar-refractivity contribution in [2.75, 3.05) is 26.2 Å². The summed E-state index contributed by atoms with van der Waals surface area (Å²) in [6.07, 6.45) is 3.45. The molecule has 1 aliphatic rings. The van der Waals surface area contributed by atoms with Crippen LogP contribution in [0.2, 0.25) is 0 Å². The highest BCUT2D eigenvalue weighted by Gasteiger charge is 2.21. The molecular formula is C14H25N3S. The highest BCUT2D eigenvalue weighted by Crippen LogP contribution is 2.28. The molecule has 2 rings (SSSR count). The predicted molar refractivity (Wildman–Crippen MR) is 78.3 cm³/mol. The minimum absolute atomic E-state index is 0.480. The fourth-order valence-electron chi connectivity index (χ4n) is 2.52. The van der Waals surface area contributed by atoms with Gasteiger partial charge in [0.15, 0.2) is 0 Å². The third-order valence-corrected chi connectivity index (χ3v) is 5.07. The summed E-state index contributed by atoms with van der Waals surface area (Å²) >= 11 is 1.93. The summed E-state index contributed by atoms with van der Waals surface area (Å²) in [7, 11) is 0. The SMILES string of the molecule is CCCc1nc(C(C)N2CCNCC2)sc1CC.